The lowest BCUT2D eigenvalue weighted by molar-refractivity contribution is -0.362. The highest BCUT2D eigenvalue weighted by molar-refractivity contribution is 5.00. The van der Waals surface area contributed by atoms with Crippen molar-refractivity contribution in [1.82, 2.24) is 0 Å². The number of rotatable bonds is 18. The summed E-state index contributed by atoms with van der Waals surface area (Å²) in [6.07, 6.45) is -50.6. The summed E-state index contributed by atoms with van der Waals surface area (Å²) in [4.78, 5) is 0. The molecule has 8 aliphatic rings. The molecule has 16 unspecified atom stereocenters. The molecule has 0 spiro atoms. The lowest BCUT2D eigenvalue weighted by Gasteiger charge is -2.47. The van der Waals surface area contributed by atoms with Gasteiger partial charge in [-0.15, -0.1) is 0 Å². The Kier molecular flexibility index (Phi) is 29.9. The third-order valence-electron chi connectivity index (χ3n) is 17.2. The average molecular weight is 1340 g/mol. The summed E-state index contributed by atoms with van der Waals surface area (Å²) < 4.78 is 70.5. The van der Waals surface area contributed by atoms with E-state index in [1.54, 1.807) is 13.8 Å². The highest BCUT2D eigenvalue weighted by Gasteiger charge is 2.54. The Bertz CT molecular complexity index is 2110. The minimum atomic E-state index is -1.79. The molecule has 30 N–H and O–H groups in total. The van der Waals surface area contributed by atoms with Gasteiger partial charge in [0.25, 0.3) is 0 Å². The van der Waals surface area contributed by atoms with Gasteiger partial charge in [0, 0.05) is 0 Å². The van der Waals surface area contributed by atoms with E-state index in [1.165, 1.54) is 6.92 Å². The number of aliphatic hydroxyl groups excluding tert-OH is 24. The first-order valence-electron chi connectivity index (χ1n) is 29.4. The molecule has 0 aromatic heterocycles. The average Bonchev–Trinajstić information content (AvgIpc) is 3.05. The molecule has 0 aliphatic carbocycles. The van der Waals surface area contributed by atoms with Crippen molar-refractivity contribution in [2.24, 2.45) is 17.2 Å². The zero-order chi connectivity index (χ0) is 67.9. The Labute approximate surface area is 519 Å². The van der Waals surface area contributed by atoms with Gasteiger partial charge in [-0.05, 0) is 20.8 Å². The van der Waals surface area contributed by atoms with Crippen molar-refractivity contribution < 1.29 is 184 Å². The Balaban J connectivity index is 0.000000222. The zero-order valence-electron chi connectivity index (χ0n) is 49.5. The van der Waals surface area contributed by atoms with E-state index >= 15 is 0 Å². The molecule has 8 rings (SSSR count). The minimum absolute atomic E-state index is 0.252. The van der Waals surface area contributed by atoms with Crippen LogP contribution in [-0.2, 0) is 61.6 Å². The predicted octanol–water partition coefficient (Wildman–Crippen LogP) is -17.4. The Hall–Kier alpha value is -1.60. The molecule has 8 aliphatic heterocycles. The smallest absolute Gasteiger partial charge is 0.187 e. The molecule has 40 nitrogen and oxygen atoms in total. The first-order valence-corrected chi connectivity index (χ1v) is 29.4. The molecule has 0 saturated carbocycles. The maximum absolute atomic E-state index is 10.6. The Morgan fingerprint density at radius 3 is 0.912 bits per heavy atom. The van der Waals surface area contributed by atoms with E-state index < -0.39 is 285 Å². The van der Waals surface area contributed by atoms with Crippen LogP contribution in [0.25, 0.3) is 0 Å². The van der Waals surface area contributed by atoms with Crippen LogP contribution in [0, 0.1) is 0 Å². The topological polar surface area (TPSA) is 684 Å². The Morgan fingerprint density at radius 2 is 0.516 bits per heavy atom. The normalized spacial score (nSPS) is 52.3. The molecule has 8 saturated heterocycles. The van der Waals surface area contributed by atoms with Crippen LogP contribution in [0.1, 0.15) is 20.8 Å². The molecule has 40 heteroatoms. The molecule has 91 heavy (non-hydrogen) atoms. The third kappa shape index (κ3) is 18.0. The largest absolute Gasteiger partial charge is 0.394 e. The maximum atomic E-state index is 10.6. The zero-order valence-corrected chi connectivity index (χ0v) is 49.5. The van der Waals surface area contributed by atoms with E-state index in [1.807, 2.05) is 0 Å². The van der Waals surface area contributed by atoms with Gasteiger partial charge in [-0.25, -0.2) is 0 Å². The minimum Gasteiger partial charge on any atom is -0.394 e. The van der Waals surface area contributed by atoms with E-state index in [9.17, 15) is 117 Å². The molecule has 40 atom stereocenters. The molecule has 0 aromatic rings. The van der Waals surface area contributed by atoms with Gasteiger partial charge in [0.15, 0.2) is 31.5 Å². The van der Waals surface area contributed by atoms with Crippen molar-refractivity contribution in [1.29, 1.82) is 0 Å². The van der Waals surface area contributed by atoms with Crippen molar-refractivity contribution in [3.63, 3.8) is 0 Å². The van der Waals surface area contributed by atoms with E-state index in [2.05, 4.69) is 0 Å². The first kappa shape index (κ1) is 78.4. The van der Waals surface area contributed by atoms with Crippen LogP contribution in [0.4, 0.5) is 0 Å². The number of nitrogens with two attached hydrogens (primary N) is 3. The van der Waals surface area contributed by atoms with Crippen LogP contribution in [0.15, 0.2) is 0 Å². The second-order valence-corrected chi connectivity index (χ2v) is 23.5. The summed E-state index contributed by atoms with van der Waals surface area (Å²) in [5, 5.41) is 238. The second kappa shape index (κ2) is 34.7. The van der Waals surface area contributed by atoms with Crippen LogP contribution < -0.4 is 17.2 Å². The van der Waals surface area contributed by atoms with Crippen LogP contribution >= 0.6 is 0 Å². The molecule has 0 amide bonds. The van der Waals surface area contributed by atoms with Crippen LogP contribution in [0.2, 0.25) is 0 Å². The summed E-state index contributed by atoms with van der Waals surface area (Å²) in [5.74, 6) is 0. The van der Waals surface area contributed by atoms with Crippen LogP contribution in [-0.4, -0.2) is 420 Å². The SMILES string of the molecule is C[C@H]1OC(CO[C@@H]2OC(CO)[C@@H](O)[C@H](O[C@H]3OC(CO)[C@@H](O)[C@H](O)C3O)C2N)[C@@H](O)[C@H](O)C1N.C[C@H]1OC(CO[C@H]2OC(CO)[C@H](O)[C@H](O)C2O)[C@@H](O)[C@H](O)C1N.C[C@H]1OC(CO[C@H]2OC(CO)[C@H](O[C@H]3OC(CO)[C@@H](O)[C@H](O)C3O)[C@H](O)C2O)[C@@H](O)[C@H](O)C1O. The predicted molar refractivity (Wildman–Crippen MR) is 287 cm³/mol. The molecular weight excluding hydrogens is 1250 g/mol. The van der Waals surface area contributed by atoms with Gasteiger partial charge in [0.05, 0.1) is 89.3 Å². The molecular formula is C51H95N3O37. The molecule has 536 valence electrons. The van der Waals surface area contributed by atoms with Crippen LogP contribution in [0.5, 0.6) is 0 Å². The van der Waals surface area contributed by atoms with E-state index in [0.717, 1.165) is 0 Å². The van der Waals surface area contributed by atoms with Gasteiger partial charge in [0.2, 0.25) is 0 Å². The van der Waals surface area contributed by atoms with E-state index in [4.69, 9.17) is 83.9 Å². The molecule has 0 aromatic carbocycles. The highest BCUT2D eigenvalue weighted by Crippen LogP contribution is 2.33. The van der Waals surface area contributed by atoms with Crippen molar-refractivity contribution in [3.05, 3.63) is 0 Å². The van der Waals surface area contributed by atoms with Gasteiger partial charge in [0.1, 0.15) is 177 Å². The number of aliphatic hydroxyl groups is 24. The number of ether oxygens (including phenoxy) is 13. The van der Waals surface area contributed by atoms with Crippen molar-refractivity contribution in [2.45, 2.75) is 266 Å². The van der Waals surface area contributed by atoms with Gasteiger partial charge >= 0.3 is 0 Å². The van der Waals surface area contributed by atoms with Gasteiger partial charge in [-0.1, -0.05) is 0 Å². The summed E-state index contributed by atoms with van der Waals surface area (Å²) >= 11 is 0. The molecule has 8 fully saturated rings. The van der Waals surface area contributed by atoms with Crippen molar-refractivity contribution in [3.8, 4) is 0 Å². The Morgan fingerprint density at radius 1 is 0.242 bits per heavy atom. The summed E-state index contributed by atoms with van der Waals surface area (Å²) in [7, 11) is 0. The highest BCUT2D eigenvalue weighted by atomic mass is 16.8. The number of hydrogen-bond acceptors (Lipinski definition) is 40. The van der Waals surface area contributed by atoms with E-state index in [-0.39, 0.29) is 13.2 Å². The summed E-state index contributed by atoms with van der Waals surface area (Å²) in [6, 6.07) is -2.77. The quantitative estimate of drug-likeness (QED) is 0.0606. The molecule has 0 bridgehead atoms. The fourth-order valence-electron chi connectivity index (χ4n) is 11.1. The summed E-state index contributed by atoms with van der Waals surface area (Å²) in [6.45, 7) is 0.409. The first-order chi connectivity index (χ1) is 42.8. The fourth-order valence-corrected chi connectivity index (χ4v) is 11.1. The lowest BCUT2D eigenvalue weighted by atomic mass is 9.94. The van der Waals surface area contributed by atoms with E-state index in [0.29, 0.717) is 0 Å². The second-order valence-electron chi connectivity index (χ2n) is 23.5. The maximum Gasteiger partial charge on any atom is 0.187 e. The monoisotopic (exact) mass is 1340 g/mol. The third-order valence-corrected chi connectivity index (χ3v) is 17.2. The standard InChI is InChI=1S/C19H36N2O13.C19H34O15.C13H25NO9/c1-5-9(20)14(27)12(25)8(31-5)4-30-18-10(21)17(13(26)7(3-23)32-18)34-19-16(29)15(28)11(24)6(2-22)33-19;1-5-9(22)12(25)11(24)8(31-5)4-30-18-16(29)14(27)17(7(3-21)33-18)34-19-15(28)13(26)10(23)6(2-20)32-19;1-4-7(14)10(18)9(17)6(22-4)3-21-13-12(20)11(19)8(16)5(2-15)23-13/h5-19,22-29H,2-4,20-21H2,1H3;5-29H,2-4H2,1H3;4-13,15-20H,2-3,14H2,1H3/t5-,6?,7?,8?,9?,10?,11-,12-,13-,14-,15+,16?,17-,18-,19-;5-,6?,7?,8?,9?,10-,11-,12-,13+,14-,15?,16?,17+,18+,19-;4-,5?,6?,7?,8+,9-,10-,11+,12?,13+/m111/s1. The lowest BCUT2D eigenvalue weighted by Crippen LogP contribution is -2.67. The van der Waals surface area contributed by atoms with Crippen LogP contribution in [0.3, 0.4) is 0 Å². The number of hydrogen-bond donors (Lipinski definition) is 27. The van der Waals surface area contributed by atoms with Gasteiger partial charge in [-0.2, -0.15) is 0 Å². The van der Waals surface area contributed by atoms with Gasteiger partial charge in [-0.3, -0.25) is 0 Å². The molecule has 8 heterocycles. The van der Waals surface area contributed by atoms with Gasteiger partial charge < -0.3 is 201 Å². The van der Waals surface area contributed by atoms with Crippen molar-refractivity contribution in [2.75, 3.05) is 52.9 Å². The summed E-state index contributed by atoms with van der Waals surface area (Å²) in [5.41, 5.74) is 17.6. The fraction of sp³-hybridized carbons (Fsp3) is 1.00. The van der Waals surface area contributed by atoms with Crippen molar-refractivity contribution >= 4 is 0 Å². The molecule has 0 radical (unpaired) electrons.